The highest BCUT2D eigenvalue weighted by atomic mass is 15.4. The third-order valence-electron chi connectivity index (χ3n) is 2.67. The monoisotopic (exact) mass is 249 g/mol. The SMILES string of the molecule is C#CCNc1ccc2nnc(-c3ccccc3)n2n1. The largest absolute Gasteiger partial charge is 0.358 e. The van der Waals surface area contributed by atoms with Crippen LogP contribution in [0.2, 0.25) is 0 Å². The van der Waals surface area contributed by atoms with Gasteiger partial charge in [0.05, 0.1) is 6.54 Å². The molecule has 0 fully saturated rings. The van der Waals surface area contributed by atoms with Gasteiger partial charge in [-0.25, -0.2) is 0 Å². The van der Waals surface area contributed by atoms with Gasteiger partial charge < -0.3 is 5.32 Å². The van der Waals surface area contributed by atoms with Gasteiger partial charge in [0.1, 0.15) is 5.82 Å². The van der Waals surface area contributed by atoms with Crippen LogP contribution in [0.15, 0.2) is 42.5 Å². The molecule has 0 bridgehead atoms. The molecule has 0 spiro atoms. The zero-order valence-corrected chi connectivity index (χ0v) is 10.1. The molecule has 5 nitrogen and oxygen atoms in total. The second-order valence-electron chi connectivity index (χ2n) is 3.94. The molecule has 19 heavy (non-hydrogen) atoms. The molecule has 5 heteroatoms. The molecule has 0 aliphatic heterocycles. The Kier molecular flexibility index (Phi) is 2.83. The van der Waals surface area contributed by atoms with Crippen molar-refractivity contribution in [2.24, 2.45) is 0 Å². The van der Waals surface area contributed by atoms with Gasteiger partial charge in [0.2, 0.25) is 0 Å². The Labute approximate surface area is 110 Å². The lowest BCUT2D eigenvalue weighted by molar-refractivity contribution is 0.935. The molecule has 1 aromatic carbocycles. The van der Waals surface area contributed by atoms with Crippen LogP contribution in [0, 0.1) is 12.3 Å². The Bertz CT molecular complexity index is 739. The lowest BCUT2D eigenvalue weighted by Crippen LogP contribution is -2.04. The minimum absolute atomic E-state index is 0.432. The topological polar surface area (TPSA) is 55.1 Å². The quantitative estimate of drug-likeness (QED) is 0.720. The van der Waals surface area contributed by atoms with Gasteiger partial charge in [-0.3, -0.25) is 0 Å². The van der Waals surface area contributed by atoms with Gasteiger partial charge in [-0.2, -0.15) is 4.52 Å². The molecule has 0 aliphatic rings. The van der Waals surface area contributed by atoms with Crippen LogP contribution in [-0.4, -0.2) is 26.4 Å². The van der Waals surface area contributed by atoms with Crippen LogP contribution >= 0.6 is 0 Å². The van der Waals surface area contributed by atoms with Crippen LogP contribution in [0.5, 0.6) is 0 Å². The van der Waals surface area contributed by atoms with Gasteiger partial charge in [-0.1, -0.05) is 36.3 Å². The van der Waals surface area contributed by atoms with Crippen molar-refractivity contribution in [3.05, 3.63) is 42.5 Å². The molecule has 3 rings (SSSR count). The van der Waals surface area contributed by atoms with E-state index in [2.05, 4.69) is 26.5 Å². The van der Waals surface area contributed by atoms with Gasteiger partial charge in [-0.15, -0.1) is 21.7 Å². The van der Waals surface area contributed by atoms with E-state index in [1.54, 1.807) is 4.52 Å². The van der Waals surface area contributed by atoms with E-state index in [0.717, 1.165) is 5.56 Å². The summed E-state index contributed by atoms with van der Waals surface area (Å²) in [5, 5.41) is 15.7. The minimum Gasteiger partial charge on any atom is -0.358 e. The van der Waals surface area contributed by atoms with Crippen molar-refractivity contribution in [1.29, 1.82) is 0 Å². The third kappa shape index (κ3) is 2.11. The first-order valence-corrected chi connectivity index (χ1v) is 5.84. The average Bonchev–Trinajstić information content (AvgIpc) is 2.89. The molecular formula is C14H11N5. The zero-order valence-electron chi connectivity index (χ0n) is 10.1. The summed E-state index contributed by atoms with van der Waals surface area (Å²) in [6.45, 7) is 0.432. The number of hydrogen-bond acceptors (Lipinski definition) is 4. The number of nitrogens with zero attached hydrogens (tertiary/aromatic N) is 4. The van der Waals surface area contributed by atoms with Crippen molar-refractivity contribution in [2.75, 3.05) is 11.9 Å². The Morgan fingerprint density at radius 3 is 2.74 bits per heavy atom. The fourth-order valence-corrected chi connectivity index (χ4v) is 1.79. The van der Waals surface area contributed by atoms with E-state index >= 15 is 0 Å². The van der Waals surface area contributed by atoms with E-state index < -0.39 is 0 Å². The van der Waals surface area contributed by atoms with E-state index in [4.69, 9.17) is 6.42 Å². The molecule has 0 amide bonds. The summed E-state index contributed by atoms with van der Waals surface area (Å²) in [6, 6.07) is 13.5. The first-order chi connectivity index (χ1) is 9.38. The van der Waals surface area contributed by atoms with E-state index in [1.807, 2.05) is 42.5 Å². The predicted molar refractivity (Wildman–Crippen MR) is 73.5 cm³/mol. The van der Waals surface area contributed by atoms with E-state index in [-0.39, 0.29) is 0 Å². The third-order valence-corrected chi connectivity index (χ3v) is 2.67. The van der Waals surface area contributed by atoms with Gasteiger partial charge in [0, 0.05) is 5.56 Å². The Balaban J connectivity index is 2.09. The number of anilines is 1. The van der Waals surface area contributed by atoms with Crippen molar-refractivity contribution in [3.8, 4) is 23.7 Å². The summed E-state index contributed by atoms with van der Waals surface area (Å²) < 4.78 is 1.70. The van der Waals surface area contributed by atoms with E-state index in [0.29, 0.717) is 23.8 Å². The number of nitrogens with one attached hydrogen (secondary N) is 1. The van der Waals surface area contributed by atoms with E-state index in [1.165, 1.54) is 0 Å². The summed E-state index contributed by atoms with van der Waals surface area (Å²) in [7, 11) is 0. The second-order valence-corrected chi connectivity index (χ2v) is 3.94. The van der Waals surface area contributed by atoms with Crippen molar-refractivity contribution in [2.45, 2.75) is 0 Å². The number of fused-ring (bicyclic) bond motifs is 1. The Morgan fingerprint density at radius 1 is 1.11 bits per heavy atom. The molecule has 0 unspecified atom stereocenters. The summed E-state index contributed by atoms with van der Waals surface area (Å²) in [6.07, 6.45) is 5.22. The van der Waals surface area contributed by atoms with Crippen LogP contribution in [0.3, 0.4) is 0 Å². The fourth-order valence-electron chi connectivity index (χ4n) is 1.79. The first-order valence-electron chi connectivity index (χ1n) is 5.84. The summed E-state index contributed by atoms with van der Waals surface area (Å²) in [4.78, 5) is 0. The maximum absolute atomic E-state index is 5.22. The molecule has 0 atom stereocenters. The maximum Gasteiger partial charge on any atom is 0.185 e. The Hall–Kier alpha value is -2.87. The minimum atomic E-state index is 0.432. The summed E-state index contributed by atoms with van der Waals surface area (Å²) in [5.41, 5.74) is 1.67. The molecule has 1 N–H and O–H groups in total. The molecular weight excluding hydrogens is 238 g/mol. The highest BCUT2D eigenvalue weighted by molar-refractivity contribution is 5.59. The van der Waals surface area contributed by atoms with Crippen molar-refractivity contribution in [1.82, 2.24) is 19.8 Å². The molecule has 2 heterocycles. The molecule has 0 aliphatic carbocycles. The molecule has 0 saturated carbocycles. The number of hydrogen-bond donors (Lipinski definition) is 1. The van der Waals surface area contributed by atoms with Gasteiger partial charge in [0.15, 0.2) is 11.5 Å². The van der Waals surface area contributed by atoms with Crippen molar-refractivity contribution < 1.29 is 0 Å². The Morgan fingerprint density at radius 2 is 1.95 bits per heavy atom. The predicted octanol–water partition coefficient (Wildman–Crippen LogP) is 1.84. The standard InChI is InChI=1S/C14H11N5/c1-2-10-15-12-8-9-13-16-17-14(19(13)18-12)11-6-4-3-5-7-11/h1,3-9H,10H2,(H,15,18). The summed E-state index contributed by atoms with van der Waals surface area (Å²) >= 11 is 0. The van der Waals surface area contributed by atoms with Crippen LogP contribution in [0.25, 0.3) is 17.0 Å². The van der Waals surface area contributed by atoms with Crippen LogP contribution in [0.1, 0.15) is 0 Å². The summed E-state index contributed by atoms with van der Waals surface area (Å²) in [5.74, 6) is 3.92. The van der Waals surface area contributed by atoms with Crippen molar-refractivity contribution >= 4 is 11.5 Å². The zero-order chi connectivity index (χ0) is 13.1. The first kappa shape index (κ1) is 11.2. The van der Waals surface area contributed by atoms with Crippen LogP contribution < -0.4 is 5.32 Å². The number of terminal acetylenes is 1. The van der Waals surface area contributed by atoms with E-state index in [9.17, 15) is 0 Å². The van der Waals surface area contributed by atoms with Crippen molar-refractivity contribution in [3.63, 3.8) is 0 Å². The van der Waals surface area contributed by atoms with Crippen LogP contribution in [0.4, 0.5) is 5.82 Å². The lowest BCUT2D eigenvalue weighted by Gasteiger charge is -2.03. The maximum atomic E-state index is 5.22. The molecule has 0 saturated heterocycles. The smallest absolute Gasteiger partial charge is 0.185 e. The number of aromatic nitrogens is 4. The number of rotatable bonds is 3. The van der Waals surface area contributed by atoms with Gasteiger partial charge >= 0.3 is 0 Å². The molecule has 92 valence electrons. The molecule has 0 radical (unpaired) electrons. The average molecular weight is 249 g/mol. The fraction of sp³-hybridized carbons (Fsp3) is 0.0714. The molecule has 3 aromatic rings. The van der Waals surface area contributed by atoms with Gasteiger partial charge in [-0.05, 0) is 12.1 Å². The number of benzene rings is 1. The normalized spacial score (nSPS) is 10.3. The highest BCUT2D eigenvalue weighted by Crippen LogP contribution is 2.17. The lowest BCUT2D eigenvalue weighted by atomic mass is 10.2. The molecule has 2 aromatic heterocycles. The van der Waals surface area contributed by atoms with Crippen LogP contribution in [-0.2, 0) is 0 Å². The van der Waals surface area contributed by atoms with Gasteiger partial charge in [0.25, 0.3) is 0 Å². The highest BCUT2D eigenvalue weighted by Gasteiger charge is 2.09. The second kappa shape index (κ2) is 4.78.